The molecule has 0 aromatic heterocycles. The van der Waals surface area contributed by atoms with Crippen molar-refractivity contribution in [2.45, 2.75) is 6.92 Å². The average molecular weight is 371 g/mol. The van der Waals surface area contributed by atoms with Crippen LogP contribution in [0.3, 0.4) is 0 Å². The molecule has 0 spiro atoms. The number of benzene rings is 2. The van der Waals surface area contributed by atoms with Crippen LogP contribution in [0.4, 0.5) is 5.69 Å². The highest BCUT2D eigenvalue weighted by Crippen LogP contribution is 2.11. The molecule has 2 amide bonds. The van der Waals surface area contributed by atoms with Crippen molar-refractivity contribution < 1.29 is 14.3 Å². The number of nitrogens with one attached hydrogen (secondary N) is 3. The first-order valence-corrected chi connectivity index (χ1v) is 8.47. The van der Waals surface area contributed by atoms with E-state index in [1.54, 1.807) is 43.5 Å². The van der Waals surface area contributed by atoms with Gasteiger partial charge in [-0.3, -0.25) is 14.9 Å². The molecule has 7 heteroatoms. The van der Waals surface area contributed by atoms with Crippen molar-refractivity contribution in [3.63, 3.8) is 0 Å². The number of rotatable bonds is 6. The third kappa shape index (κ3) is 5.65. The van der Waals surface area contributed by atoms with Gasteiger partial charge in [-0.1, -0.05) is 24.3 Å². The van der Waals surface area contributed by atoms with E-state index >= 15 is 0 Å². The van der Waals surface area contributed by atoms with E-state index < -0.39 is 0 Å². The number of ether oxygens (including phenoxy) is 1. The SMILES string of the molecule is COCCNC(=O)c1cccc(NC(=S)NC(=O)c2ccccc2C)c1. The van der Waals surface area contributed by atoms with Crippen LogP contribution in [-0.2, 0) is 4.74 Å². The van der Waals surface area contributed by atoms with Gasteiger partial charge in [0.05, 0.1) is 6.61 Å². The van der Waals surface area contributed by atoms with Gasteiger partial charge in [-0.15, -0.1) is 0 Å². The maximum atomic E-state index is 12.3. The number of amides is 2. The largest absolute Gasteiger partial charge is 0.383 e. The van der Waals surface area contributed by atoms with E-state index in [1.807, 2.05) is 19.1 Å². The van der Waals surface area contributed by atoms with Gasteiger partial charge in [0, 0.05) is 30.5 Å². The molecule has 3 N–H and O–H groups in total. The summed E-state index contributed by atoms with van der Waals surface area (Å²) in [6.45, 7) is 2.73. The molecular formula is C19H21N3O3S. The summed E-state index contributed by atoms with van der Waals surface area (Å²) in [4.78, 5) is 24.3. The van der Waals surface area contributed by atoms with Crippen LogP contribution in [0.5, 0.6) is 0 Å². The summed E-state index contributed by atoms with van der Waals surface area (Å²) in [6.07, 6.45) is 0. The summed E-state index contributed by atoms with van der Waals surface area (Å²) in [5, 5.41) is 8.47. The third-order valence-electron chi connectivity index (χ3n) is 3.59. The molecule has 2 aromatic carbocycles. The Hall–Kier alpha value is -2.77. The molecule has 2 rings (SSSR count). The van der Waals surface area contributed by atoms with Crippen molar-refractivity contribution in [2.75, 3.05) is 25.6 Å². The number of thiocarbonyl (C=S) groups is 1. The number of hydrogen-bond donors (Lipinski definition) is 3. The predicted molar refractivity (Wildman–Crippen MR) is 106 cm³/mol. The fraction of sp³-hybridized carbons (Fsp3) is 0.211. The number of aryl methyl sites for hydroxylation is 1. The summed E-state index contributed by atoms with van der Waals surface area (Å²) < 4.78 is 4.90. The summed E-state index contributed by atoms with van der Waals surface area (Å²) in [5.74, 6) is -0.491. The Morgan fingerprint density at radius 2 is 1.85 bits per heavy atom. The second-order valence-electron chi connectivity index (χ2n) is 5.55. The van der Waals surface area contributed by atoms with Gasteiger partial charge in [-0.25, -0.2) is 0 Å². The minimum atomic E-state index is -0.283. The molecule has 0 fully saturated rings. The molecule has 0 aliphatic heterocycles. The van der Waals surface area contributed by atoms with Crippen molar-refractivity contribution in [2.24, 2.45) is 0 Å². The highest BCUT2D eigenvalue weighted by molar-refractivity contribution is 7.80. The second kappa shape index (κ2) is 9.65. The average Bonchev–Trinajstić information content (AvgIpc) is 2.62. The highest BCUT2D eigenvalue weighted by atomic mass is 32.1. The fourth-order valence-electron chi connectivity index (χ4n) is 2.27. The van der Waals surface area contributed by atoms with Gasteiger partial charge in [-0.2, -0.15) is 0 Å². The smallest absolute Gasteiger partial charge is 0.257 e. The minimum Gasteiger partial charge on any atom is -0.383 e. The molecular weight excluding hydrogens is 350 g/mol. The monoisotopic (exact) mass is 371 g/mol. The predicted octanol–water partition coefficient (Wildman–Crippen LogP) is 2.50. The number of hydrogen-bond acceptors (Lipinski definition) is 4. The molecule has 136 valence electrons. The van der Waals surface area contributed by atoms with Crippen LogP contribution in [0.25, 0.3) is 0 Å². The van der Waals surface area contributed by atoms with Crippen molar-refractivity contribution in [1.82, 2.24) is 10.6 Å². The van der Waals surface area contributed by atoms with Crippen molar-refractivity contribution in [3.05, 3.63) is 65.2 Å². The van der Waals surface area contributed by atoms with Gasteiger partial charge >= 0.3 is 0 Å². The third-order valence-corrected chi connectivity index (χ3v) is 3.80. The van der Waals surface area contributed by atoms with E-state index in [0.717, 1.165) is 5.56 Å². The maximum Gasteiger partial charge on any atom is 0.257 e. The number of carbonyl (C=O) groups excluding carboxylic acids is 2. The molecule has 0 aliphatic carbocycles. The Kier molecular flexibility index (Phi) is 7.25. The zero-order chi connectivity index (χ0) is 18.9. The van der Waals surface area contributed by atoms with Crippen LogP contribution in [0.2, 0.25) is 0 Å². The lowest BCUT2D eigenvalue weighted by Gasteiger charge is -2.12. The molecule has 0 bridgehead atoms. The zero-order valence-corrected chi connectivity index (χ0v) is 15.5. The van der Waals surface area contributed by atoms with Gasteiger partial charge in [-0.05, 0) is 49.0 Å². The van der Waals surface area contributed by atoms with Crippen LogP contribution >= 0.6 is 12.2 Å². The van der Waals surface area contributed by atoms with Gasteiger partial charge in [0.1, 0.15) is 0 Å². The first kappa shape index (κ1) is 19.6. The molecule has 0 atom stereocenters. The lowest BCUT2D eigenvalue weighted by atomic mass is 10.1. The minimum absolute atomic E-state index is 0.162. The molecule has 0 saturated heterocycles. The van der Waals surface area contributed by atoms with E-state index in [0.29, 0.717) is 30.0 Å². The topological polar surface area (TPSA) is 79.5 Å². The first-order chi connectivity index (χ1) is 12.5. The quantitative estimate of drug-likeness (QED) is 0.537. The number of carbonyl (C=O) groups is 2. The van der Waals surface area contributed by atoms with E-state index in [-0.39, 0.29) is 16.9 Å². The van der Waals surface area contributed by atoms with Crippen LogP contribution in [0.1, 0.15) is 26.3 Å². The van der Waals surface area contributed by atoms with Gasteiger partial charge in [0.2, 0.25) is 0 Å². The highest BCUT2D eigenvalue weighted by Gasteiger charge is 2.11. The Morgan fingerprint density at radius 3 is 2.58 bits per heavy atom. The number of anilines is 1. The van der Waals surface area contributed by atoms with Gasteiger partial charge in [0.25, 0.3) is 11.8 Å². The Balaban J connectivity index is 1.96. The Morgan fingerprint density at radius 1 is 1.08 bits per heavy atom. The molecule has 0 saturated carbocycles. The van der Waals surface area contributed by atoms with Crippen molar-refractivity contribution in [3.8, 4) is 0 Å². The Labute approximate surface area is 157 Å². The van der Waals surface area contributed by atoms with E-state index in [4.69, 9.17) is 17.0 Å². The van der Waals surface area contributed by atoms with E-state index in [9.17, 15) is 9.59 Å². The summed E-state index contributed by atoms with van der Waals surface area (Å²) >= 11 is 5.19. The molecule has 0 radical (unpaired) electrons. The standard InChI is InChI=1S/C19H21N3O3S/c1-13-6-3-4-9-16(13)18(24)22-19(26)21-15-8-5-7-14(12-15)17(23)20-10-11-25-2/h3-9,12H,10-11H2,1-2H3,(H,20,23)(H2,21,22,24,26). The zero-order valence-electron chi connectivity index (χ0n) is 14.7. The molecule has 0 heterocycles. The van der Waals surface area contributed by atoms with E-state index in [2.05, 4.69) is 16.0 Å². The lowest BCUT2D eigenvalue weighted by Crippen LogP contribution is -2.34. The van der Waals surface area contributed by atoms with Crippen molar-refractivity contribution in [1.29, 1.82) is 0 Å². The molecule has 6 nitrogen and oxygen atoms in total. The molecule has 26 heavy (non-hydrogen) atoms. The van der Waals surface area contributed by atoms with Gasteiger partial charge < -0.3 is 15.4 Å². The lowest BCUT2D eigenvalue weighted by molar-refractivity contribution is 0.0935. The van der Waals surface area contributed by atoms with E-state index in [1.165, 1.54) is 0 Å². The summed E-state index contributed by atoms with van der Waals surface area (Å²) in [6, 6.07) is 14.1. The first-order valence-electron chi connectivity index (χ1n) is 8.06. The fourth-order valence-corrected chi connectivity index (χ4v) is 2.48. The molecule has 0 unspecified atom stereocenters. The van der Waals surface area contributed by atoms with Gasteiger partial charge in [0.15, 0.2) is 5.11 Å². The summed E-state index contributed by atoms with van der Waals surface area (Å²) in [5.41, 5.74) is 2.52. The van der Waals surface area contributed by atoms with Crippen LogP contribution < -0.4 is 16.0 Å². The normalized spacial score (nSPS) is 10.1. The molecule has 0 aliphatic rings. The maximum absolute atomic E-state index is 12.3. The Bertz CT molecular complexity index is 808. The van der Waals surface area contributed by atoms with Crippen LogP contribution in [0.15, 0.2) is 48.5 Å². The second-order valence-corrected chi connectivity index (χ2v) is 5.96. The number of methoxy groups -OCH3 is 1. The summed E-state index contributed by atoms with van der Waals surface area (Å²) in [7, 11) is 1.57. The van der Waals surface area contributed by atoms with Crippen LogP contribution in [0, 0.1) is 6.92 Å². The van der Waals surface area contributed by atoms with Crippen LogP contribution in [-0.4, -0.2) is 37.2 Å². The molecule has 2 aromatic rings. The van der Waals surface area contributed by atoms with Crippen molar-refractivity contribution >= 4 is 34.8 Å².